The smallest absolute Gasteiger partial charge is 0.408 e. The first-order valence-corrected chi connectivity index (χ1v) is 4.20. The van der Waals surface area contributed by atoms with Crippen molar-refractivity contribution in [3.63, 3.8) is 0 Å². The third-order valence-electron chi connectivity index (χ3n) is 1.78. The van der Waals surface area contributed by atoms with E-state index in [1.807, 2.05) is 13.0 Å². The minimum absolute atomic E-state index is 0.438. The summed E-state index contributed by atoms with van der Waals surface area (Å²) in [6.45, 7) is 5.58. The summed E-state index contributed by atoms with van der Waals surface area (Å²) < 4.78 is 4.91. The zero-order chi connectivity index (χ0) is 10.1. The lowest BCUT2D eigenvalue weighted by atomic mass is 10.3. The fourth-order valence-corrected chi connectivity index (χ4v) is 1.27. The molecule has 0 spiro atoms. The Hall–Kier alpha value is -1.97. The number of oxazole rings is 1. The third kappa shape index (κ3) is 1.54. The molecule has 1 aromatic carbocycles. The molecule has 1 aromatic heterocycles. The van der Waals surface area contributed by atoms with Crippen molar-refractivity contribution in [3.8, 4) is 0 Å². The summed E-state index contributed by atoms with van der Waals surface area (Å²) in [6, 6.07) is 5.38. The second kappa shape index (κ2) is 3.06. The highest BCUT2D eigenvalue weighted by molar-refractivity contribution is 5.77. The van der Waals surface area contributed by atoms with E-state index in [4.69, 9.17) is 4.42 Å². The number of anilines is 1. The van der Waals surface area contributed by atoms with Crippen molar-refractivity contribution in [1.82, 2.24) is 4.98 Å². The van der Waals surface area contributed by atoms with Gasteiger partial charge in [0.1, 0.15) is 0 Å². The minimum atomic E-state index is -0.438. The zero-order valence-electron chi connectivity index (χ0n) is 7.76. The van der Waals surface area contributed by atoms with Crippen molar-refractivity contribution in [2.75, 3.05) is 5.32 Å². The normalized spacial score (nSPS) is 10.4. The molecule has 2 N–H and O–H groups in total. The second-order valence-electron chi connectivity index (χ2n) is 3.13. The van der Waals surface area contributed by atoms with Crippen LogP contribution >= 0.6 is 0 Å². The molecule has 0 radical (unpaired) electrons. The Kier molecular flexibility index (Phi) is 1.89. The lowest BCUT2D eigenvalue weighted by molar-refractivity contribution is 0.555. The van der Waals surface area contributed by atoms with E-state index in [1.54, 1.807) is 12.1 Å². The average Bonchev–Trinajstić information content (AvgIpc) is 2.42. The molecule has 0 aliphatic heterocycles. The maximum Gasteiger partial charge on any atom is 0.417 e. The summed E-state index contributed by atoms with van der Waals surface area (Å²) in [7, 11) is 0. The summed E-state index contributed by atoms with van der Waals surface area (Å²) in [5, 5.41) is 3.04. The van der Waals surface area contributed by atoms with Gasteiger partial charge >= 0.3 is 5.76 Å². The molecule has 0 aliphatic rings. The zero-order valence-corrected chi connectivity index (χ0v) is 7.76. The van der Waals surface area contributed by atoms with Gasteiger partial charge in [0.2, 0.25) is 0 Å². The molecule has 0 saturated heterocycles. The molecule has 0 atom stereocenters. The highest BCUT2D eigenvalue weighted by Crippen LogP contribution is 2.17. The van der Waals surface area contributed by atoms with Gasteiger partial charge in [-0.25, -0.2) is 4.79 Å². The van der Waals surface area contributed by atoms with E-state index in [0.717, 1.165) is 11.4 Å². The van der Waals surface area contributed by atoms with E-state index in [9.17, 15) is 4.79 Å². The summed E-state index contributed by atoms with van der Waals surface area (Å²) >= 11 is 0. The molecule has 4 heteroatoms. The van der Waals surface area contributed by atoms with Crippen LogP contribution in [0.15, 0.2) is 39.7 Å². The quantitative estimate of drug-likeness (QED) is 0.762. The largest absolute Gasteiger partial charge is 0.417 e. The predicted octanol–water partition coefficient (Wildman–Crippen LogP) is 2.07. The number of nitrogens with one attached hydrogen (secondary N) is 2. The van der Waals surface area contributed by atoms with Crippen LogP contribution in [0.2, 0.25) is 0 Å². The van der Waals surface area contributed by atoms with E-state index < -0.39 is 5.76 Å². The van der Waals surface area contributed by atoms with Crippen molar-refractivity contribution < 1.29 is 4.42 Å². The predicted molar refractivity (Wildman–Crippen MR) is 55.3 cm³/mol. The summed E-state index contributed by atoms with van der Waals surface area (Å²) in [6.07, 6.45) is 0. The van der Waals surface area contributed by atoms with Crippen molar-refractivity contribution in [2.45, 2.75) is 6.92 Å². The Labute approximate surface area is 80.2 Å². The fourth-order valence-electron chi connectivity index (χ4n) is 1.27. The molecule has 72 valence electrons. The van der Waals surface area contributed by atoms with Crippen molar-refractivity contribution in [3.05, 3.63) is 41.0 Å². The monoisotopic (exact) mass is 190 g/mol. The van der Waals surface area contributed by atoms with Crippen LogP contribution in [-0.4, -0.2) is 4.98 Å². The Morgan fingerprint density at radius 3 is 3.07 bits per heavy atom. The maximum atomic E-state index is 10.9. The van der Waals surface area contributed by atoms with Gasteiger partial charge in [-0.2, -0.15) is 0 Å². The van der Waals surface area contributed by atoms with Crippen molar-refractivity contribution in [1.29, 1.82) is 0 Å². The maximum absolute atomic E-state index is 10.9. The van der Waals surface area contributed by atoms with E-state index in [-0.39, 0.29) is 0 Å². The first-order chi connectivity index (χ1) is 6.65. The molecular weight excluding hydrogens is 180 g/mol. The number of hydrogen-bond acceptors (Lipinski definition) is 3. The summed E-state index contributed by atoms with van der Waals surface area (Å²) in [5.41, 5.74) is 2.93. The van der Waals surface area contributed by atoms with Gasteiger partial charge in [0.05, 0.1) is 5.52 Å². The van der Waals surface area contributed by atoms with Crippen molar-refractivity contribution in [2.24, 2.45) is 0 Å². The second-order valence-corrected chi connectivity index (χ2v) is 3.13. The van der Waals surface area contributed by atoms with Gasteiger partial charge in [-0.05, 0) is 19.1 Å². The number of allylic oxidation sites excluding steroid dienone is 1. The average molecular weight is 190 g/mol. The number of aromatic nitrogens is 1. The molecular formula is C10H10N2O2. The van der Waals surface area contributed by atoms with Crippen LogP contribution in [0.4, 0.5) is 5.69 Å². The number of benzene rings is 1. The molecule has 0 fully saturated rings. The lowest BCUT2D eigenvalue weighted by Crippen LogP contribution is -1.92. The number of aromatic amines is 1. The Balaban J connectivity index is 2.50. The van der Waals surface area contributed by atoms with Crippen LogP contribution in [0.25, 0.3) is 11.1 Å². The number of fused-ring (bicyclic) bond motifs is 1. The van der Waals surface area contributed by atoms with Gasteiger partial charge < -0.3 is 9.73 Å². The molecule has 4 nitrogen and oxygen atoms in total. The number of hydrogen-bond donors (Lipinski definition) is 2. The molecule has 14 heavy (non-hydrogen) atoms. The fraction of sp³-hybridized carbons (Fsp3) is 0.100. The third-order valence-corrected chi connectivity index (χ3v) is 1.78. The summed E-state index contributed by atoms with van der Waals surface area (Å²) in [5.74, 6) is -0.438. The van der Waals surface area contributed by atoms with Crippen LogP contribution in [0.1, 0.15) is 6.92 Å². The van der Waals surface area contributed by atoms with Gasteiger partial charge in [0.15, 0.2) is 5.58 Å². The highest BCUT2D eigenvalue weighted by Gasteiger charge is 2.01. The van der Waals surface area contributed by atoms with Gasteiger partial charge in [0, 0.05) is 17.5 Å². The molecule has 0 amide bonds. The van der Waals surface area contributed by atoms with Crippen LogP contribution < -0.4 is 11.1 Å². The van der Waals surface area contributed by atoms with Crippen LogP contribution in [-0.2, 0) is 0 Å². The van der Waals surface area contributed by atoms with Crippen LogP contribution in [0, 0.1) is 0 Å². The topological polar surface area (TPSA) is 58.0 Å². The van der Waals surface area contributed by atoms with E-state index in [2.05, 4.69) is 16.9 Å². The first kappa shape index (κ1) is 8.62. The Morgan fingerprint density at radius 2 is 2.36 bits per heavy atom. The molecule has 0 saturated carbocycles. The van der Waals surface area contributed by atoms with Gasteiger partial charge in [-0.1, -0.05) is 6.58 Å². The van der Waals surface area contributed by atoms with E-state index in [1.165, 1.54) is 0 Å². The Morgan fingerprint density at radius 1 is 1.57 bits per heavy atom. The van der Waals surface area contributed by atoms with Crippen molar-refractivity contribution >= 4 is 16.8 Å². The summed E-state index contributed by atoms with van der Waals surface area (Å²) in [4.78, 5) is 13.4. The molecule has 0 aliphatic carbocycles. The van der Waals surface area contributed by atoms with E-state index >= 15 is 0 Å². The lowest BCUT2D eigenvalue weighted by Gasteiger charge is -2.03. The highest BCUT2D eigenvalue weighted by atomic mass is 16.4. The van der Waals surface area contributed by atoms with Gasteiger partial charge in [0.25, 0.3) is 0 Å². The first-order valence-electron chi connectivity index (χ1n) is 4.20. The molecule has 1 heterocycles. The number of rotatable bonds is 2. The van der Waals surface area contributed by atoms with Gasteiger partial charge in [-0.15, -0.1) is 0 Å². The van der Waals surface area contributed by atoms with Crippen LogP contribution in [0.5, 0.6) is 0 Å². The van der Waals surface area contributed by atoms with E-state index in [0.29, 0.717) is 11.1 Å². The SMILES string of the molecule is C=C(C)Nc1ccc2[nH]c(=O)oc2c1. The van der Waals surface area contributed by atoms with Gasteiger partial charge in [-0.3, -0.25) is 4.98 Å². The molecule has 0 unspecified atom stereocenters. The van der Waals surface area contributed by atoms with Crippen LogP contribution in [0.3, 0.4) is 0 Å². The molecule has 2 rings (SSSR count). The standard InChI is InChI=1S/C10H10N2O2/c1-6(2)11-7-3-4-8-9(5-7)14-10(13)12-8/h3-5,11H,1H2,2H3,(H,12,13). The number of H-pyrrole nitrogens is 1. The molecule has 0 bridgehead atoms. The minimum Gasteiger partial charge on any atom is -0.408 e. The Bertz CT molecular complexity index is 536. The molecule has 2 aromatic rings.